The van der Waals surface area contributed by atoms with Crippen LogP contribution >= 0.6 is 0 Å². The Morgan fingerprint density at radius 2 is 1.84 bits per heavy atom. The number of hydrogen-bond donors (Lipinski definition) is 0. The van der Waals surface area contributed by atoms with E-state index in [1.165, 1.54) is 28.4 Å². The first kappa shape index (κ1) is 30.9. The zero-order valence-electron chi connectivity index (χ0n) is 27.3. The molecule has 1 amide bonds. The lowest BCUT2D eigenvalue weighted by molar-refractivity contribution is 0.0144. The van der Waals surface area contributed by atoms with Gasteiger partial charge in [-0.15, -0.1) is 0 Å². The minimum Gasteiger partial charge on any atom is -0.462 e. The summed E-state index contributed by atoms with van der Waals surface area (Å²) in [7, 11) is 2.14. The summed E-state index contributed by atoms with van der Waals surface area (Å²) in [5.41, 5.74) is 3.96. The van der Waals surface area contributed by atoms with Crippen molar-refractivity contribution in [2.75, 3.05) is 56.2 Å². The van der Waals surface area contributed by atoms with Gasteiger partial charge in [0.15, 0.2) is 0 Å². The highest BCUT2D eigenvalue weighted by Crippen LogP contribution is 2.36. The third-order valence-corrected chi connectivity index (χ3v) is 9.27. The van der Waals surface area contributed by atoms with Gasteiger partial charge in [-0.3, -0.25) is 0 Å². The Morgan fingerprint density at radius 1 is 1.04 bits per heavy atom. The zero-order chi connectivity index (χ0) is 31.7. The van der Waals surface area contributed by atoms with E-state index in [4.69, 9.17) is 19.4 Å². The van der Waals surface area contributed by atoms with Crippen molar-refractivity contribution in [3.05, 3.63) is 53.2 Å². The Kier molecular flexibility index (Phi) is 8.74. The Bertz CT molecular complexity index is 1590. The van der Waals surface area contributed by atoms with Gasteiger partial charge in [-0.2, -0.15) is 15.2 Å². The SMILES string of the molecule is Cc1cccc2cccc(N3CCc4c(nc(OC[C@@H]5CCCN5C)nc4N4CCN(C(=O)OC(C)(C)C)C(CC#N)C4)C3)c12. The van der Waals surface area contributed by atoms with Crippen LogP contribution in [0.3, 0.4) is 0 Å². The number of likely N-dealkylation sites (N-methyl/N-ethyl adjacent to an activating group) is 1. The molecular weight excluding hydrogens is 566 g/mol. The molecule has 3 aliphatic rings. The van der Waals surface area contributed by atoms with Gasteiger partial charge in [-0.25, -0.2) is 4.79 Å². The predicted molar refractivity (Wildman–Crippen MR) is 176 cm³/mol. The van der Waals surface area contributed by atoms with E-state index in [0.717, 1.165) is 43.0 Å². The van der Waals surface area contributed by atoms with Gasteiger partial charge < -0.3 is 29.1 Å². The summed E-state index contributed by atoms with van der Waals surface area (Å²) in [4.78, 5) is 31.8. The number of piperazine rings is 1. The molecule has 10 heteroatoms. The number of carbonyl (C=O) groups is 1. The molecule has 3 aliphatic heterocycles. The van der Waals surface area contributed by atoms with Crippen molar-refractivity contribution in [1.29, 1.82) is 5.26 Å². The summed E-state index contributed by atoms with van der Waals surface area (Å²) in [6.07, 6.45) is 2.90. The molecule has 1 unspecified atom stereocenters. The molecule has 2 atom stereocenters. The number of amides is 1. The van der Waals surface area contributed by atoms with Crippen molar-refractivity contribution in [1.82, 2.24) is 19.8 Å². The first-order valence-corrected chi connectivity index (χ1v) is 16.2. The largest absolute Gasteiger partial charge is 0.462 e. The number of likely N-dealkylation sites (tertiary alicyclic amines) is 1. The summed E-state index contributed by atoms with van der Waals surface area (Å²) in [6, 6.07) is 15.7. The molecule has 0 N–H and O–H groups in total. The normalized spacial score (nSPS) is 20.7. The average molecular weight is 612 g/mol. The van der Waals surface area contributed by atoms with E-state index in [0.29, 0.717) is 44.8 Å². The Labute approximate surface area is 266 Å². The number of ether oxygens (including phenoxy) is 2. The molecule has 2 aromatic carbocycles. The summed E-state index contributed by atoms with van der Waals surface area (Å²) in [5.74, 6) is 0.857. The van der Waals surface area contributed by atoms with E-state index >= 15 is 0 Å². The molecule has 45 heavy (non-hydrogen) atoms. The monoisotopic (exact) mass is 611 g/mol. The van der Waals surface area contributed by atoms with Gasteiger partial charge in [0, 0.05) is 48.9 Å². The van der Waals surface area contributed by atoms with Crippen LogP contribution in [0.1, 0.15) is 56.9 Å². The van der Waals surface area contributed by atoms with Gasteiger partial charge >= 0.3 is 12.1 Å². The molecule has 0 aliphatic carbocycles. The molecule has 0 spiro atoms. The molecule has 4 heterocycles. The van der Waals surface area contributed by atoms with Crippen molar-refractivity contribution in [3.63, 3.8) is 0 Å². The van der Waals surface area contributed by atoms with Gasteiger partial charge in [-0.05, 0) is 77.6 Å². The lowest BCUT2D eigenvalue weighted by atomic mass is 9.99. The fraction of sp³-hybridized carbons (Fsp3) is 0.543. The van der Waals surface area contributed by atoms with E-state index < -0.39 is 5.60 Å². The summed E-state index contributed by atoms with van der Waals surface area (Å²) in [5, 5.41) is 12.2. The maximum absolute atomic E-state index is 13.1. The van der Waals surface area contributed by atoms with E-state index in [1.54, 1.807) is 4.90 Å². The number of rotatable bonds is 6. The van der Waals surface area contributed by atoms with Crippen molar-refractivity contribution < 1.29 is 14.3 Å². The lowest BCUT2D eigenvalue weighted by Crippen LogP contribution is -2.56. The Balaban J connectivity index is 1.32. The van der Waals surface area contributed by atoms with Gasteiger partial charge in [0.2, 0.25) is 0 Å². The van der Waals surface area contributed by atoms with Crippen LogP contribution in [0, 0.1) is 18.3 Å². The smallest absolute Gasteiger partial charge is 0.410 e. The van der Waals surface area contributed by atoms with Gasteiger partial charge in [0.05, 0.1) is 30.8 Å². The van der Waals surface area contributed by atoms with E-state index in [9.17, 15) is 10.1 Å². The number of fused-ring (bicyclic) bond motifs is 2. The average Bonchev–Trinajstić information content (AvgIpc) is 3.42. The van der Waals surface area contributed by atoms with Crippen molar-refractivity contribution in [2.24, 2.45) is 0 Å². The molecule has 0 saturated carbocycles. The summed E-state index contributed by atoms with van der Waals surface area (Å²) in [6.45, 7) is 12.4. The van der Waals surface area contributed by atoms with Gasteiger partial charge in [0.25, 0.3) is 0 Å². The summed E-state index contributed by atoms with van der Waals surface area (Å²) >= 11 is 0. The number of benzene rings is 2. The Hall–Kier alpha value is -4.10. The van der Waals surface area contributed by atoms with E-state index in [-0.39, 0.29) is 18.6 Å². The molecule has 6 rings (SSSR count). The van der Waals surface area contributed by atoms with Crippen LogP contribution in [0.2, 0.25) is 0 Å². The zero-order valence-corrected chi connectivity index (χ0v) is 27.3. The van der Waals surface area contributed by atoms with Crippen LogP contribution in [-0.2, 0) is 17.7 Å². The molecule has 3 aromatic rings. The molecule has 0 bridgehead atoms. The van der Waals surface area contributed by atoms with Crippen LogP contribution in [0.4, 0.5) is 16.3 Å². The minimum absolute atomic E-state index is 0.217. The quantitative estimate of drug-likeness (QED) is 0.367. The standard InChI is InChI=1S/C35H45N7O3/c1-24-9-6-10-25-11-7-13-30(31(24)25)40-18-15-28-29(22-40)37-33(44-23-27-12-8-17-39(27)5)38-32(28)41-19-20-42(26(21-41)14-16-36)34(43)45-35(2,3)4/h6-7,9-11,13,26-27H,8,12,14-15,17-23H2,1-5H3/t26?,27-/m0/s1. The molecule has 0 radical (unpaired) electrons. The second-order valence-electron chi connectivity index (χ2n) is 13.6. The first-order valence-electron chi connectivity index (χ1n) is 16.2. The number of nitriles is 1. The Morgan fingerprint density at radius 3 is 2.58 bits per heavy atom. The van der Waals surface area contributed by atoms with Crippen LogP contribution in [0.5, 0.6) is 6.01 Å². The third-order valence-electron chi connectivity index (χ3n) is 9.27. The molecule has 238 valence electrons. The number of carbonyl (C=O) groups excluding carboxylic acids is 1. The fourth-order valence-electron chi connectivity index (χ4n) is 6.94. The highest BCUT2D eigenvalue weighted by atomic mass is 16.6. The van der Waals surface area contributed by atoms with Crippen molar-refractivity contribution in [2.45, 2.75) is 77.6 Å². The second kappa shape index (κ2) is 12.7. The molecule has 2 saturated heterocycles. The van der Waals surface area contributed by atoms with Crippen LogP contribution in [-0.4, -0.2) is 89.9 Å². The minimum atomic E-state index is -0.606. The van der Waals surface area contributed by atoms with Crippen molar-refractivity contribution in [3.8, 4) is 12.1 Å². The third kappa shape index (κ3) is 6.64. The number of aryl methyl sites for hydroxylation is 1. The maximum Gasteiger partial charge on any atom is 0.410 e. The van der Waals surface area contributed by atoms with Gasteiger partial charge in [0.1, 0.15) is 18.0 Å². The molecule has 2 fully saturated rings. The van der Waals surface area contributed by atoms with E-state index in [2.05, 4.69) is 71.1 Å². The van der Waals surface area contributed by atoms with Crippen LogP contribution in [0.15, 0.2) is 36.4 Å². The van der Waals surface area contributed by atoms with Crippen LogP contribution < -0.4 is 14.5 Å². The van der Waals surface area contributed by atoms with Crippen LogP contribution in [0.25, 0.3) is 10.8 Å². The number of aromatic nitrogens is 2. The number of anilines is 2. The molecular formula is C35H45N7O3. The van der Waals surface area contributed by atoms with E-state index in [1.807, 2.05) is 20.8 Å². The molecule has 1 aromatic heterocycles. The topological polar surface area (TPSA) is 98.1 Å². The number of nitrogens with zero attached hydrogens (tertiary/aromatic N) is 7. The predicted octanol–water partition coefficient (Wildman–Crippen LogP) is 5.31. The van der Waals surface area contributed by atoms with Crippen molar-refractivity contribution >= 4 is 28.4 Å². The highest BCUT2D eigenvalue weighted by Gasteiger charge is 2.36. The number of hydrogen-bond acceptors (Lipinski definition) is 9. The highest BCUT2D eigenvalue weighted by molar-refractivity contribution is 5.97. The molecule has 10 nitrogen and oxygen atoms in total. The fourth-order valence-corrected chi connectivity index (χ4v) is 6.94. The second-order valence-corrected chi connectivity index (χ2v) is 13.6. The maximum atomic E-state index is 13.1. The first-order chi connectivity index (χ1) is 21.6. The summed E-state index contributed by atoms with van der Waals surface area (Å²) < 4.78 is 12.0. The lowest BCUT2D eigenvalue weighted by Gasteiger charge is -2.42. The van der Waals surface area contributed by atoms with Gasteiger partial charge in [-0.1, -0.05) is 30.3 Å².